The standard InChI is InChI=1S/C13H20BrNOS/c1-9-11(7-6-8-12(9)14)10(2)15-17(16)13(3,4)5/h6-8,10,15H,1-5H3. The molecule has 2 unspecified atom stereocenters. The summed E-state index contributed by atoms with van der Waals surface area (Å²) in [6, 6.07) is 6.17. The maximum Gasteiger partial charge on any atom is 0.136 e. The summed E-state index contributed by atoms with van der Waals surface area (Å²) in [5, 5.41) is 0. The van der Waals surface area contributed by atoms with Crippen LogP contribution in [0.25, 0.3) is 0 Å². The smallest absolute Gasteiger partial charge is 0.136 e. The summed E-state index contributed by atoms with van der Waals surface area (Å²) < 4.78 is 16.0. The number of rotatable bonds is 3. The van der Waals surface area contributed by atoms with E-state index in [1.54, 1.807) is 0 Å². The van der Waals surface area contributed by atoms with Crippen LogP contribution in [-0.2, 0) is 11.4 Å². The molecule has 0 saturated heterocycles. The third kappa shape index (κ3) is 3.98. The van der Waals surface area contributed by atoms with Gasteiger partial charge in [-0.1, -0.05) is 28.1 Å². The first-order valence-electron chi connectivity index (χ1n) is 5.66. The van der Waals surface area contributed by atoms with Crippen LogP contribution < -0.4 is 4.72 Å². The van der Waals surface area contributed by atoms with Gasteiger partial charge < -0.3 is 4.55 Å². The molecule has 1 aromatic carbocycles. The van der Waals surface area contributed by atoms with Gasteiger partial charge in [0.25, 0.3) is 0 Å². The summed E-state index contributed by atoms with van der Waals surface area (Å²) in [6.07, 6.45) is 0. The molecule has 1 N–H and O–H groups in total. The highest BCUT2D eigenvalue weighted by Gasteiger charge is 2.28. The molecule has 1 rings (SSSR count). The molecule has 0 heterocycles. The highest BCUT2D eigenvalue weighted by atomic mass is 79.9. The fourth-order valence-electron chi connectivity index (χ4n) is 1.49. The Hall–Kier alpha value is -0.0300. The molecular formula is C13H20BrNOS. The van der Waals surface area contributed by atoms with E-state index >= 15 is 0 Å². The zero-order chi connectivity index (χ0) is 13.2. The molecule has 0 aliphatic carbocycles. The van der Waals surface area contributed by atoms with Crippen LogP contribution in [0.4, 0.5) is 0 Å². The van der Waals surface area contributed by atoms with Crippen LogP contribution in [0, 0.1) is 6.92 Å². The van der Waals surface area contributed by atoms with E-state index in [0.717, 1.165) is 4.47 Å². The van der Waals surface area contributed by atoms with Crippen molar-refractivity contribution in [2.45, 2.75) is 45.4 Å². The van der Waals surface area contributed by atoms with Gasteiger partial charge in [-0.05, 0) is 51.8 Å². The summed E-state index contributed by atoms with van der Waals surface area (Å²) in [5.74, 6) is 0. The van der Waals surface area contributed by atoms with Crippen molar-refractivity contribution in [1.82, 2.24) is 4.72 Å². The Kier molecular flexibility index (Phi) is 5.07. The van der Waals surface area contributed by atoms with Gasteiger partial charge in [0.2, 0.25) is 0 Å². The Morgan fingerprint density at radius 1 is 1.35 bits per heavy atom. The predicted octanol–water partition coefficient (Wildman–Crippen LogP) is 3.87. The Morgan fingerprint density at radius 3 is 2.47 bits per heavy atom. The lowest BCUT2D eigenvalue weighted by atomic mass is 10.0. The summed E-state index contributed by atoms with van der Waals surface area (Å²) >= 11 is 2.47. The lowest BCUT2D eigenvalue weighted by molar-refractivity contribution is 0.531. The van der Waals surface area contributed by atoms with Crippen molar-refractivity contribution < 1.29 is 4.55 Å². The quantitative estimate of drug-likeness (QED) is 0.859. The second kappa shape index (κ2) is 5.74. The molecule has 0 aliphatic rings. The first-order chi connectivity index (χ1) is 7.73. The summed E-state index contributed by atoms with van der Waals surface area (Å²) in [7, 11) is 0. The molecular weight excluding hydrogens is 298 g/mol. The van der Waals surface area contributed by atoms with Crippen LogP contribution in [0.1, 0.15) is 44.9 Å². The number of hydrogen-bond donors (Lipinski definition) is 1. The Bertz CT molecular complexity index is 389. The number of benzene rings is 1. The van der Waals surface area contributed by atoms with Gasteiger partial charge in [0.05, 0.1) is 6.04 Å². The first kappa shape index (κ1) is 15.0. The Labute approximate surface area is 116 Å². The topological polar surface area (TPSA) is 35.1 Å². The van der Waals surface area contributed by atoms with Gasteiger partial charge in [-0.3, -0.25) is 0 Å². The molecule has 0 fully saturated rings. The molecule has 0 saturated carbocycles. The van der Waals surface area contributed by atoms with Crippen molar-refractivity contribution in [3.8, 4) is 0 Å². The fourth-order valence-corrected chi connectivity index (χ4v) is 2.68. The molecule has 0 spiro atoms. The Balaban J connectivity index is 2.84. The van der Waals surface area contributed by atoms with Gasteiger partial charge in [0, 0.05) is 15.8 Å². The van der Waals surface area contributed by atoms with E-state index in [4.69, 9.17) is 0 Å². The third-order valence-corrected chi connectivity index (χ3v) is 5.16. The van der Waals surface area contributed by atoms with E-state index in [1.165, 1.54) is 11.1 Å². The normalized spacial score (nSPS) is 15.7. The average molecular weight is 318 g/mol. The van der Waals surface area contributed by atoms with Crippen LogP contribution in [0.3, 0.4) is 0 Å². The minimum absolute atomic E-state index is 0.0764. The summed E-state index contributed by atoms with van der Waals surface area (Å²) in [6.45, 7) is 10.0. The van der Waals surface area contributed by atoms with Crippen LogP contribution in [0.5, 0.6) is 0 Å². The molecule has 0 amide bonds. The predicted molar refractivity (Wildman–Crippen MR) is 78.3 cm³/mol. The van der Waals surface area contributed by atoms with Crippen molar-refractivity contribution in [3.63, 3.8) is 0 Å². The van der Waals surface area contributed by atoms with E-state index in [1.807, 2.05) is 39.8 Å². The van der Waals surface area contributed by atoms with Crippen molar-refractivity contribution in [1.29, 1.82) is 0 Å². The first-order valence-corrected chi connectivity index (χ1v) is 7.61. The van der Waals surface area contributed by atoms with Crippen LogP contribution in [0.2, 0.25) is 0 Å². The van der Waals surface area contributed by atoms with Crippen molar-refractivity contribution >= 4 is 27.3 Å². The summed E-state index contributed by atoms with van der Waals surface area (Å²) in [4.78, 5) is 0. The van der Waals surface area contributed by atoms with Crippen molar-refractivity contribution in [3.05, 3.63) is 33.8 Å². The van der Waals surface area contributed by atoms with Gasteiger partial charge in [0.15, 0.2) is 0 Å². The second-order valence-electron chi connectivity index (χ2n) is 5.17. The van der Waals surface area contributed by atoms with E-state index in [-0.39, 0.29) is 10.8 Å². The van der Waals surface area contributed by atoms with E-state index in [9.17, 15) is 4.55 Å². The summed E-state index contributed by atoms with van der Waals surface area (Å²) in [5.41, 5.74) is 2.37. The van der Waals surface area contributed by atoms with Gasteiger partial charge in [-0.25, -0.2) is 0 Å². The zero-order valence-electron chi connectivity index (χ0n) is 11.0. The minimum atomic E-state index is -1.05. The molecule has 0 aliphatic heterocycles. The maximum absolute atomic E-state index is 12.0. The molecule has 17 heavy (non-hydrogen) atoms. The van der Waals surface area contributed by atoms with Gasteiger partial charge in [-0.15, -0.1) is 4.72 Å². The highest BCUT2D eigenvalue weighted by Crippen LogP contribution is 2.26. The molecule has 0 bridgehead atoms. The van der Waals surface area contributed by atoms with Gasteiger partial charge in [0.1, 0.15) is 4.75 Å². The molecule has 4 heteroatoms. The lowest BCUT2D eigenvalue weighted by Gasteiger charge is -2.27. The SMILES string of the molecule is Cc1c(Br)cccc1C(C)N[S+]([O-])C(C)(C)C. The monoisotopic (exact) mass is 317 g/mol. The largest absolute Gasteiger partial charge is 0.598 e. The Morgan fingerprint density at radius 2 is 1.94 bits per heavy atom. The van der Waals surface area contributed by atoms with Crippen molar-refractivity contribution in [2.75, 3.05) is 0 Å². The number of hydrogen-bond acceptors (Lipinski definition) is 2. The van der Waals surface area contributed by atoms with Crippen LogP contribution in [0.15, 0.2) is 22.7 Å². The van der Waals surface area contributed by atoms with Crippen LogP contribution in [-0.4, -0.2) is 9.30 Å². The minimum Gasteiger partial charge on any atom is -0.598 e. The zero-order valence-corrected chi connectivity index (χ0v) is 13.4. The molecule has 96 valence electrons. The second-order valence-corrected chi connectivity index (χ2v) is 8.03. The molecule has 2 atom stereocenters. The van der Waals surface area contributed by atoms with E-state index in [2.05, 4.69) is 33.6 Å². The van der Waals surface area contributed by atoms with Crippen LogP contribution >= 0.6 is 15.9 Å². The van der Waals surface area contributed by atoms with Gasteiger partial charge in [-0.2, -0.15) is 0 Å². The van der Waals surface area contributed by atoms with Crippen molar-refractivity contribution in [2.24, 2.45) is 0 Å². The van der Waals surface area contributed by atoms with Gasteiger partial charge >= 0.3 is 0 Å². The highest BCUT2D eigenvalue weighted by molar-refractivity contribution is 9.10. The van der Waals surface area contributed by atoms with E-state index in [0.29, 0.717) is 0 Å². The third-order valence-electron chi connectivity index (χ3n) is 2.62. The lowest BCUT2D eigenvalue weighted by Crippen LogP contribution is -2.40. The number of nitrogens with one attached hydrogen (secondary N) is 1. The molecule has 0 aromatic heterocycles. The number of halogens is 1. The molecule has 2 nitrogen and oxygen atoms in total. The van der Waals surface area contributed by atoms with E-state index < -0.39 is 11.4 Å². The molecule has 0 radical (unpaired) electrons. The maximum atomic E-state index is 12.0. The average Bonchev–Trinajstić information content (AvgIpc) is 2.20. The molecule has 1 aromatic rings. The fraction of sp³-hybridized carbons (Fsp3) is 0.538.